The summed E-state index contributed by atoms with van der Waals surface area (Å²) in [7, 11) is 0. The molecule has 0 spiro atoms. The number of halogens is 2. The first-order valence-corrected chi connectivity index (χ1v) is 4.56. The Morgan fingerprint density at radius 2 is 2.21 bits per heavy atom. The summed E-state index contributed by atoms with van der Waals surface area (Å²) < 4.78 is 17.7. The lowest BCUT2D eigenvalue weighted by molar-refractivity contribution is 0.0525. The van der Waals surface area contributed by atoms with E-state index in [4.69, 9.17) is 16.3 Å². The molecule has 0 atom stereocenters. The van der Waals surface area contributed by atoms with E-state index in [1.54, 1.807) is 13.8 Å². The van der Waals surface area contributed by atoms with Crippen LogP contribution >= 0.6 is 11.6 Å². The van der Waals surface area contributed by atoms with Gasteiger partial charge in [-0.2, -0.15) is 0 Å². The quantitative estimate of drug-likeness (QED) is 0.711. The molecule has 0 radical (unpaired) electrons. The van der Waals surface area contributed by atoms with Gasteiger partial charge in [-0.3, -0.25) is 0 Å². The van der Waals surface area contributed by atoms with E-state index in [0.717, 1.165) is 0 Å². The third-order valence-corrected chi connectivity index (χ3v) is 2.05. The number of carbonyl (C=O) groups is 1. The van der Waals surface area contributed by atoms with Crippen molar-refractivity contribution >= 4 is 17.6 Å². The summed E-state index contributed by atoms with van der Waals surface area (Å²) >= 11 is 5.55. The molecular weight excluding hydrogens is 207 g/mol. The van der Waals surface area contributed by atoms with Crippen LogP contribution in [0, 0.1) is 12.7 Å². The van der Waals surface area contributed by atoms with Crippen molar-refractivity contribution in [2.45, 2.75) is 13.8 Å². The number of ether oxygens (including phenoxy) is 1. The van der Waals surface area contributed by atoms with Crippen molar-refractivity contribution in [3.63, 3.8) is 0 Å². The summed E-state index contributed by atoms with van der Waals surface area (Å²) in [5.74, 6) is -1.01. The van der Waals surface area contributed by atoms with Gasteiger partial charge in [-0.05, 0) is 31.5 Å². The van der Waals surface area contributed by atoms with Crippen LogP contribution in [-0.4, -0.2) is 12.6 Å². The summed E-state index contributed by atoms with van der Waals surface area (Å²) in [6.07, 6.45) is 0. The Morgan fingerprint density at radius 3 is 2.79 bits per heavy atom. The van der Waals surface area contributed by atoms with Crippen molar-refractivity contribution in [1.82, 2.24) is 0 Å². The second kappa shape index (κ2) is 4.42. The van der Waals surface area contributed by atoms with Gasteiger partial charge < -0.3 is 4.74 Å². The zero-order chi connectivity index (χ0) is 10.7. The highest BCUT2D eigenvalue weighted by molar-refractivity contribution is 6.31. The molecule has 0 N–H and O–H groups in total. The first-order chi connectivity index (χ1) is 6.56. The van der Waals surface area contributed by atoms with Crippen LogP contribution in [0.1, 0.15) is 22.8 Å². The average Bonchev–Trinajstić information content (AvgIpc) is 2.11. The average molecular weight is 217 g/mol. The van der Waals surface area contributed by atoms with Crippen molar-refractivity contribution in [1.29, 1.82) is 0 Å². The highest BCUT2D eigenvalue weighted by Crippen LogP contribution is 2.20. The first kappa shape index (κ1) is 11.0. The lowest BCUT2D eigenvalue weighted by Gasteiger charge is -2.06. The number of carbonyl (C=O) groups excluding carboxylic acids is 1. The molecule has 0 fully saturated rings. The van der Waals surface area contributed by atoms with Gasteiger partial charge in [0.2, 0.25) is 0 Å². The summed E-state index contributed by atoms with van der Waals surface area (Å²) in [5.41, 5.74) is 0.823. The van der Waals surface area contributed by atoms with Crippen LogP contribution in [-0.2, 0) is 4.74 Å². The fraction of sp³-hybridized carbons (Fsp3) is 0.300. The van der Waals surface area contributed by atoms with E-state index >= 15 is 0 Å². The molecule has 0 aliphatic carbocycles. The number of hydrogen-bond donors (Lipinski definition) is 0. The molecule has 1 aromatic rings. The number of aryl methyl sites for hydroxylation is 1. The van der Waals surface area contributed by atoms with Crippen LogP contribution in [0.25, 0.3) is 0 Å². The molecule has 0 heterocycles. The number of rotatable bonds is 2. The monoisotopic (exact) mass is 216 g/mol. The summed E-state index contributed by atoms with van der Waals surface area (Å²) in [4.78, 5) is 11.3. The van der Waals surface area contributed by atoms with Crippen molar-refractivity contribution in [3.8, 4) is 0 Å². The number of benzene rings is 1. The molecule has 0 unspecified atom stereocenters. The van der Waals surface area contributed by atoms with E-state index in [0.29, 0.717) is 11.1 Å². The maximum Gasteiger partial charge on any atom is 0.338 e. The Morgan fingerprint density at radius 1 is 1.57 bits per heavy atom. The van der Waals surface area contributed by atoms with Crippen LogP contribution in [0.4, 0.5) is 4.39 Å². The van der Waals surface area contributed by atoms with E-state index in [2.05, 4.69) is 0 Å². The topological polar surface area (TPSA) is 26.3 Å². The van der Waals surface area contributed by atoms with Gasteiger partial charge in [0.25, 0.3) is 0 Å². The predicted octanol–water partition coefficient (Wildman–Crippen LogP) is 2.96. The molecule has 76 valence electrons. The summed E-state index contributed by atoms with van der Waals surface area (Å²) in [6.45, 7) is 3.62. The second-order valence-electron chi connectivity index (χ2n) is 2.80. The minimum atomic E-state index is -0.530. The van der Waals surface area contributed by atoms with Gasteiger partial charge in [-0.1, -0.05) is 11.6 Å². The lowest BCUT2D eigenvalue weighted by Crippen LogP contribution is -2.07. The molecule has 0 saturated heterocycles. The van der Waals surface area contributed by atoms with E-state index in [-0.39, 0.29) is 11.6 Å². The van der Waals surface area contributed by atoms with Crippen molar-refractivity contribution < 1.29 is 13.9 Å². The Hall–Kier alpha value is -1.09. The Bertz CT molecular complexity index is 363. The molecule has 2 nitrogen and oxygen atoms in total. The maximum atomic E-state index is 12.9. The number of esters is 1. The Labute approximate surface area is 86.6 Å². The fourth-order valence-corrected chi connectivity index (χ4v) is 1.24. The van der Waals surface area contributed by atoms with Crippen LogP contribution in [0.15, 0.2) is 12.1 Å². The number of hydrogen-bond acceptors (Lipinski definition) is 2. The first-order valence-electron chi connectivity index (χ1n) is 4.19. The van der Waals surface area contributed by atoms with Crippen molar-refractivity contribution in [3.05, 3.63) is 34.1 Å². The normalized spacial score (nSPS) is 10.0. The standard InChI is InChI=1S/C10H10ClFO2/c1-3-14-10(13)7-5-8(11)9(12)4-6(7)2/h4-5H,3H2,1-2H3. The van der Waals surface area contributed by atoms with Crippen molar-refractivity contribution in [2.75, 3.05) is 6.61 Å². The van der Waals surface area contributed by atoms with Crippen molar-refractivity contribution in [2.24, 2.45) is 0 Å². The van der Waals surface area contributed by atoms with E-state index in [1.807, 2.05) is 0 Å². The van der Waals surface area contributed by atoms with Gasteiger partial charge >= 0.3 is 5.97 Å². The summed E-state index contributed by atoms with van der Waals surface area (Å²) in [5, 5.41) is -0.0707. The Balaban J connectivity index is 3.09. The Kier molecular flexibility index (Phi) is 3.47. The lowest BCUT2D eigenvalue weighted by atomic mass is 10.1. The van der Waals surface area contributed by atoms with E-state index in [1.165, 1.54) is 12.1 Å². The minimum absolute atomic E-state index is 0.0707. The van der Waals surface area contributed by atoms with Gasteiger partial charge in [-0.25, -0.2) is 9.18 Å². The van der Waals surface area contributed by atoms with Crippen LogP contribution in [0.3, 0.4) is 0 Å². The molecule has 1 aromatic carbocycles. The second-order valence-corrected chi connectivity index (χ2v) is 3.21. The van der Waals surface area contributed by atoms with Crippen LogP contribution in [0.2, 0.25) is 5.02 Å². The van der Waals surface area contributed by atoms with E-state index in [9.17, 15) is 9.18 Å². The van der Waals surface area contributed by atoms with Gasteiger partial charge in [0.05, 0.1) is 17.2 Å². The predicted molar refractivity (Wildman–Crippen MR) is 52.1 cm³/mol. The minimum Gasteiger partial charge on any atom is -0.462 e. The zero-order valence-corrected chi connectivity index (χ0v) is 8.69. The van der Waals surface area contributed by atoms with Gasteiger partial charge in [0.15, 0.2) is 0 Å². The molecule has 14 heavy (non-hydrogen) atoms. The van der Waals surface area contributed by atoms with Crippen LogP contribution < -0.4 is 0 Å². The molecule has 0 aliphatic rings. The molecule has 0 saturated carbocycles. The van der Waals surface area contributed by atoms with E-state index < -0.39 is 11.8 Å². The van der Waals surface area contributed by atoms with Gasteiger partial charge in [0.1, 0.15) is 5.82 Å². The third kappa shape index (κ3) is 2.23. The third-order valence-electron chi connectivity index (χ3n) is 1.76. The SMILES string of the molecule is CCOC(=O)c1cc(Cl)c(F)cc1C. The molecule has 0 aliphatic heterocycles. The largest absolute Gasteiger partial charge is 0.462 e. The highest BCUT2D eigenvalue weighted by atomic mass is 35.5. The molecule has 0 bridgehead atoms. The van der Waals surface area contributed by atoms with Crippen LogP contribution in [0.5, 0.6) is 0 Å². The molecule has 0 amide bonds. The molecule has 0 aromatic heterocycles. The molecule has 1 rings (SSSR count). The fourth-order valence-electron chi connectivity index (χ4n) is 1.08. The maximum absolute atomic E-state index is 12.9. The zero-order valence-electron chi connectivity index (χ0n) is 7.93. The highest BCUT2D eigenvalue weighted by Gasteiger charge is 2.13. The van der Waals surface area contributed by atoms with Gasteiger partial charge in [-0.15, -0.1) is 0 Å². The molecule has 4 heteroatoms. The smallest absolute Gasteiger partial charge is 0.338 e. The summed E-state index contributed by atoms with van der Waals surface area (Å²) in [6, 6.07) is 2.50. The van der Waals surface area contributed by atoms with Gasteiger partial charge in [0, 0.05) is 0 Å². The molecular formula is C10H10ClFO2.